The first-order chi connectivity index (χ1) is 13.6. The molecule has 4 aromatic rings. The molecule has 2 heterocycles. The van der Waals surface area contributed by atoms with E-state index in [2.05, 4.69) is 4.98 Å². The smallest absolute Gasteiger partial charge is 0.326 e. The number of aromatic nitrogens is 2. The number of esters is 1. The maximum atomic E-state index is 13.7. The Labute approximate surface area is 162 Å². The number of para-hydroxylation sites is 1. The molecule has 0 saturated carbocycles. The van der Waals surface area contributed by atoms with Gasteiger partial charge in [0.05, 0.1) is 5.69 Å². The van der Waals surface area contributed by atoms with Crippen LogP contribution in [0.4, 0.5) is 4.39 Å². The molecule has 0 fully saturated rings. The lowest BCUT2D eigenvalue weighted by atomic mass is 10.1. The number of fused-ring (bicyclic) bond motifs is 1. The summed E-state index contributed by atoms with van der Waals surface area (Å²) in [6, 6.07) is 21.3. The molecule has 0 aliphatic carbocycles. The quantitative estimate of drug-likeness (QED) is 0.471. The SMILES string of the molecule is Cc1cc2ccccc2n1CC(=O)OC(c1cccc(F)c1)c1ccccn1. The van der Waals surface area contributed by atoms with Crippen LogP contribution < -0.4 is 0 Å². The molecule has 0 radical (unpaired) electrons. The number of benzene rings is 2. The normalized spacial score (nSPS) is 12.1. The molecule has 0 N–H and O–H groups in total. The summed E-state index contributed by atoms with van der Waals surface area (Å²) in [5, 5.41) is 1.07. The predicted octanol–water partition coefficient (Wildman–Crippen LogP) is 4.82. The number of carbonyl (C=O) groups excluding carboxylic acids is 1. The first kappa shape index (κ1) is 17.9. The number of carbonyl (C=O) groups is 1. The number of rotatable bonds is 5. The topological polar surface area (TPSA) is 44.1 Å². The van der Waals surface area contributed by atoms with E-state index in [1.807, 2.05) is 47.9 Å². The predicted molar refractivity (Wildman–Crippen MR) is 105 cm³/mol. The molecule has 0 bridgehead atoms. The van der Waals surface area contributed by atoms with Gasteiger partial charge in [0, 0.05) is 23.0 Å². The standard InChI is InChI=1S/C23H19FN2O2/c1-16-13-17-7-2-3-11-21(17)26(16)15-22(27)28-23(20-10-4-5-12-25-20)18-8-6-9-19(24)14-18/h2-14,23H,15H2,1H3. The lowest BCUT2D eigenvalue weighted by Crippen LogP contribution is -2.19. The van der Waals surface area contributed by atoms with Crippen molar-refractivity contribution in [3.8, 4) is 0 Å². The van der Waals surface area contributed by atoms with Crippen molar-refractivity contribution in [2.24, 2.45) is 0 Å². The summed E-state index contributed by atoms with van der Waals surface area (Å²) in [7, 11) is 0. The van der Waals surface area contributed by atoms with Crippen molar-refractivity contribution in [1.29, 1.82) is 0 Å². The molecule has 2 aromatic carbocycles. The Morgan fingerprint density at radius 3 is 2.68 bits per heavy atom. The van der Waals surface area contributed by atoms with Gasteiger partial charge in [0.2, 0.25) is 0 Å². The Bertz CT molecular complexity index is 1120. The molecule has 5 heteroatoms. The number of aryl methyl sites for hydroxylation is 1. The number of ether oxygens (including phenoxy) is 1. The second-order valence-corrected chi connectivity index (χ2v) is 6.61. The Morgan fingerprint density at radius 1 is 1.07 bits per heavy atom. The summed E-state index contributed by atoms with van der Waals surface area (Å²) in [4.78, 5) is 17.1. The van der Waals surface area contributed by atoms with Gasteiger partial charge in [0.1, 0.15) is 12.4 Å². The lowest BCUT2D eigenvalue weighted by Gasteiger charge is -2.19. The molecule has 4 rings (SSSR count). The van der Waals surface area contributed by atoms with Crippen LogP contribution in [0, 0.1) is 12.7 Å². The first-order valence-corrected chi connectivity index (χ1v) is 9.02. The van der Waals surface area contributed by atoms with Crippen molar-refractivity contribution < 1.29 is 13.9 Å². The van der Waals surface area contributed by atoms with Gasteiger partial charge in [-0.2, -0.15) is 0 Å². The molecule has 1 atom stereocenters. The van der Waals surface area contributed by atoms with E-state index in [-0.39, 0.29) is 12.4 Å². The van der Waals surface area contributed by atoms with Gasteiger partial charge in [-0.05, 0) is 48.7 Å². The zero-order chi connectivity index (χ0) is 19.5. The van der Waals surface area contributed by atoms with Crippen LogP contribution in [0.5, 0.6) is 0 Å². The Kier molecular flexibility index (Phi) is 4.89. The van der Waals surface area contributed by atoms with Crippen LogP contribution >= 0.6 is 0 Å². The minimum Gasteiger partial charge on any atom is -0.450 e. The maximum absolute atomic E-state index is 13.7. The van der Waals surface area contributed by atoms with Gasteiger partial charge in [-0.3, -0.25) is 9.78 Å². The first-order valence-electron chi connectivity index (χ1n) is 9.02. The van der Waals surface area contributed by atoms with Gasteiger partial charge in [0.15, 0.2) is 6.10 Å². The van der Waals surface area contributed by atoms with Gasteiger partial charge in [0.25, 0.3) is 0 Å². The molecular weight excluding hydrogens is 355 g/mol. The van der Waals surface area contributed by atoms with Crippen molar-refractivity contribution in [2.45, 2.75) is 19.6 Å². The van der Waals surface area contributed by atoms with Crippen LogP contribution in [0.15, 0.2) is 79.0 Å². The summed E-state index contributed by atoms with van der Waals surface area (Å²) in [6.07, 6.45) is 0.852. The zero-order valence-electron chi connectivity index (χ0n) is 15.4. The third-order valence-electron chi connectivity index (χ3n) is 4.66. The van der Waals surface area contributed by atoms with E-state index >= 15 is 0 Å². The average Bonchev–Trinajstić information content (AvgIpc) is 3.02. The third-order valence-corrected chi connectivity index (χ3v) is 4.66. The molecule has 4 nitrogen and oxygen atoms in total. The summed E-state index contributed by atoms with van der Waals surface area (Å²) in [5.74, 6) is -0.800. The van der Waals surface area contributed by atoms with Crippen molar-refractivity contribution in [2.75, 3.05) is 0 Å². The minimum atomic E-state index is -0.772. The van der Waals surface area contributed by atoms with Crippen LogP contribution in [-0.4, -0.2) is 15.5 Å². The van der Waals surface area contributed by atoms with Crippen LogP contribution in [0.25, 0.3) is 10.9 Å². The van der Waals surface area contributed by atoms with Crippen LogP contribution in [0.1, 0.15) is 23.1 Å². The fraction of sp³-hybridized carbons (Fsp3) is 0.130. The zero-order valence-corrected chi connectivity index (χ0v) is 15.4. The maximum Gasteiger partial charge on any atom is 0.326 e. The van der Waals surface area contributed by atoms with Crippen LogP contribution in [-0.2, 0) is 16.1 Å². The van der Waals surface area contributed by atoms with E-state index in [9.17, 15) is 9.18 Å². The second-order valence-electron chi connectivity index (χ2n) is 6.61. The minimum absolute atomic E-state index is 0.0675. The van der Waals surface area contributed by atoms with E-state index in [1.54, 1.807) is 30.5 Å². The number of halogens is 1. The molecule has 0 spiro atoms. The van der Waals surface area contributed by atoms with Crippen molar-refractivity contribution >= 4 is 16.9 Å². The highest BCUT2D eigenvalue weighted by Gasteiger charge is 2.21. The third kappa shape index (κ3) is 3.64. The van der Waals surface area contributed by atoms with Crippen molar-refractivity contribution in [3.63, 3.8) is 0 Å². The Balaban J connectivity index is 1.63. The van der Waals surface area contributed by atoms with Crippen molar-refractivity contribution in [1.82, 2.24) is 9.55 Å². The van der Waals surface area contributed by atoms with Gasteiger partial charge in [-0.1, -0.05) is 36.4 Å². The highest BCUT2D eigenvalue weighted by molar-refractivity contribution is 5.83. The van der Waals surface area contributed by atoms with Gasteiger partial charge in [-0.25, -0.2) is 4.39 Å². The molecular formula is C23H19FN2O2. The summed E-state index contributed by atoms with van der Waals surface area (Å²) < 4.78 is 21.4. The number of pyridine rings is 1. The van der Waals surface area contributed by atoms with E-state index in [4.69, 9.17) is 4.74 Å². The van der Waals surface area contributed by atoms with Gasteiger partial charge < -0.3 is 9.30 Å². The molecule has 1 unspecified atom stereocenters. The second kappa shape index (κ2) is 7.64. The summed E-state index contributed by atoms with van der Waals surface area (Å²) in [6.45, 7) is 2.02. The molecule has 0 saturated heterocycles. The fourth-order valence-electron chi connectivity index (χ4n) is 3.36. The van der Waals surface area contributed by atoms with E-state index in [0.29, 0.717) is 11.3 Å². The number of hydrogen-bond donors (Lipinski definition) is 0. The van der Waals surface area contributed by atoms with E-state index < -0.39 is 12.1 Å². The summed E-state index contributed by atoms with van der Waals surface area (Å²) >= 11 is 0. The highest BCUT2D eigenvalue weighted by atomic mass is 19.1. The molecule has 0 aliphatic rings. The van der Waals surface area contributed by atoms with Gasteiger partial charge in [-0.15, -0.1) is 0 Å². The monoisotopic (exact) mass is 374 g/mol. The fourth-order valence-corrected chi connectivity index (χ4v) is 3.36. The molecule has 140 valence electrons. The highest BCUT2D eigenvalue weighted by Crippen LogP contribution is 2.26. The Morgan fingerprint density at radius 2 is 1.89 bits per heavy atom. The Hall–Kier alpha value is -3.47. The van der Waals surface area contributed by atoms with E-state index in [0.717, 1.165) is 16.6 Å². The van der Waals surface area contributed by atoms with Crippen molar-refractivity contribution in [3.05, 3.63) is 102 Å². The number of nitrogens with zero attached hydrogens (tertiary/aromatic N) is 2. The molecule has 0 aliphatic heterocycles. The van der Waals surface area contributed by atoms with E-state index in [1.165, 1.54) is 12.1 Å². The number of hydrogen-bond acceptors (Lipinski definition) is 3. The van der Waals surface area contributed by atoms with Gasteiger partial charge >= 0.3 is 5.97 Å². The largest absolute Gasteiger partial charge is 0.450 e. The molecule has 2 aromatic heterocycles. The molecule has 0 amide bonds. The average molecular weight is 374 g/mol. The summed E-state index contributed by atoms with van der Waals surface area (Å²) in [5.41, 5.74) is 3.03. The van der Waals surface area contributed by atoms with Crippen LogP contribution in [0.2, 0.25) is 0 Å². The molecule has 28 heavy (non-hydrogen) atoms. The lowest BCUT2D eigenvalue weighted by molar-refractivity contribution is -0.148. The van der Waals surface area contributed by atoms with Crippen LogP contribution in [0.3, 0.4) is 0 Å².